The minimum atomic E-state index is -5.45. The quantitative estimate of drug-likeness (QED) is 0.491. The van der Waals surface area contributed by atoms with Crippen LogP contribution >= 0.6 is 27.3 Å². The number of nitrogens with two attached hydrogens (primary N) is 1. The van der Waals surface area contributed by atoms with Crippen molar-refractivity contribution in [2.45, 2.75) is 18.4 Å². The first-order valence-electron chi connectivity index (χ1n) is 4.40. The van der Waals surface area contributed by atoms with E-state index in [1.807, 2.05) is 0 Å². The van der Waals surface area contributed by atoms with E-state index in [1.54, 1.807) is 5.43 Å². The van der Waals surface area contributed by atoms with E-state index in [0.717, 1.165) is 11.3 Å². The van der Waals surface area contributed by atoms with Crippen molar-refractivity contribution in [1.29, 1.82) is 0 Å². The maximum absolute atomic E-state index is 12.5. The topological polar surface area (TPSA) is 38.0 Å². The summed E-state index contributed by atoms with van der Waals surface area (Å²) >= 11 is 3.86. The molecule has 1 heterocycles. The van der Waals surface area contributed by atoms with Crippen LogP contribution in [-0.4, -0.2) is 12.4 Å². The molecule has 2 nitrogen and oxygen atoms in total. The van der Waals surface area contributed by atoms with Gasteiger partial charge in [-0.15, -0.1) is 0 Å². The standard InChI is InChI=1S/C8H7BrF6N2S/c9-4-2-18-1-3(4)5(17-16)6(7(10,11)12)8(13,14)15/h1-2,5-6,17H,16H2. The molecule has 1 atom stereocenters. The molecule has 0 spiro atoms. The third kappa shape index (κ3) is 3.37. The highest BCUT2D eigenvalue weighted by molar-refractivity contribution is 9.10. The summed E-state index contributed by atoms with van der Waals surface area (Å²) in [6.45, 7) is 0. The Labute approximate surface area is 110 Å². The minimum absolute atomic E-state index is 0.147. The lowest BCUT2D eigenvalue weighted by atomic mass is 9.94. The Morgan fingerprint density at radius 2 is 1.61 bits per heavy atom. The highest BCUT2D eigenvalue weighted by atomic mass is 79.9. The van der Waals surface area contributed by atoms with E-state index in [0.29, 0.717) is 0 Å². The van der Waals surface area contributed by atoms with Crippen LogP contribution in [0.15, 0.2) is 15.2 Å². The van der Waals surface area contributed by atoms with Gasteiger partial charge in [0, 0.05) is 9.85 Å². The lowest BCUT2D eigenvalue weighted by Gasteiger charge is -2.30. The number of thiophene rings is 1. The first-order valence-corrected chi connectivity index (χ1v) is 6.13. The Bertz CT molecular complexity index is 387. The van der Waals surface area contributed by atoms with Gasteiger partial charge in [0.1, 0.15) is 0 Å². The molecule has 0 aliphatic carbocycles. The lowest BCUT2D eigenvalue weighted by molar-refractivity contribution is -0.292. The smallest absolute Gasteiger partial charge is 0.271 e. The summed E-state index contributed by atoms with van der Waals surface area (Å²) < 4.78 is 75.4. The predicted molar refractivity (Wildman–Crippen MR) is 57.7 cm³/mol. The number of halogens is 7. The van der Waals surface area contributed by atoms with Gasteiger partial charge in [0.2, 0.25) is 0 Å². The highest BCUT2D eigenvalue weighted by Gasteiger charge is 2.60. The molecule has 0 saturated carbocycles. The summed E-state index contributed by atoms with van der Waals surface area (Å²) in [6.07, 6.45) is -10.9. The summed E-state index contributed by atoms with van der Waals surface area (Å²) in [4.78, 5) is 0. The van der Waals surface area contributed by atoms with Crippen LogP contribution in [0.2, 0.25) is 0 Å². The third-order valence-corrected chi connectivity index (χ3v) is 3.95. The average Bonchev–Trinajstić information content (AvgIpc) is 2.56. The van der Waals surface area contributed by atoms with Gasteiger partial charge in [-0.3, -0.25) is 11.3 Å². The van der Waals surface area contributed by atoms with E-state index in [-0.39, 0.29) is 10.0 Å². The van der Waals surface area contributed by atoms with Crippen LogP contribution in [0.4, 0.5) is 26.3 Å². The summed E-state index contributed by atoms with van der Waals surface area (Å²) in [5.74, 6) is 1.29. The Morgan fingerprint density at radius 3 is 1.89 bits per heavy atom. The van der Waals surface area contributed by atoms with Crippen molar-refractivity contribution in [2.75, 3.05) is 0 Å². The second kappa shape index (κ2) is 5.35. The van der Waals surface area contributed by atoms with Crippen molar-refractivity contribution in [3.63, 3.8) is 0 Å². The molecule has 0 amide bonds. The molecular formula is C8H7BrF6N2S. The van der Waals surface area contributed by atoms with Gasteiger partial charge >= 0.3 is 12.4 Å². The highest BCUT2D eigenvalue weighted by Crippen LogP contribution is 2.47. The summed E-state index contributed by atoms with van der Waals surface area (Å²) in [6, 6.07) is -2.09. The second-order valence-electron chi connectivity index (χ2n) is 3.38. The van der Waals surface area contributed by atoms with Crippen LogP contribution in [0, 0.1) is 5.92 Å². The molecular weight excluding hydrogens is 350 g/mol. The Kier molecular flexibility index (Phi) is 4.68. The molecule has 10 heteroatoms. The Hall–Kier alpha value is -0.320. The van der Waals surface area contributed by atoms with Gasteiger partial charge < -0.3 is 0 Å². The number of alkyl halides is 6. The first-order chi connectivity index (χ1) is 8.09. The molecule has 0 bridgehead atoms. The predicted octanol–water partition coefficient (Wildman–Crippen LogP) is 3.76. The first kappa shape index (κ1) is 15.7. The van der Waals surface area contributed by atoms with Crippen LogP contribution in [-0.2, 0) is 0 Å². The van der Waals surface area contributed by atoms with Crippen molar-refractivity contribution in [1.82, 2.24) is 5.43 Å². The Balaban J connectivity index is 3.23. The summed E-state index contributed by atoms with van der Waals surface area (Å²) in [5.41, 5.74) is 1.42. The van der Waals surface area contributed by atoms with E-state index in [4.69, 9.17) is 5.84 Å². The van der Waals surface area contributed by atoms with Gasteiger partial charge in [-0.05, 0) is 26.9 Å². The van der Waals surface area contributed by atoms with Crippen LogP contribution in [0.25, 0.3) is 0 Å². The molecule has 1 aromatic rings. The lowest BCUT2D eigenvalue weighted by Crippen LogP contribution is -2.47. The maximum Gasteiger partial charge on any atom is 0.402 e. The third-order valence-electron chi connectivity index (χ3n) is 2.20. The van der Waals surface area contributed by atoms with Gasteiger partial charge in [0.05, 0.1) is 6.04 Å². The monoisotopic (exact) mass is 356 g/mol. The van der Waals surface area contributed by atoms with E-state index >= 15 is 0 Å². The van der Waals surface area contributed by atoms with Gasteiger partial charge in [-0.25, -0.2) is 0 Å². The molecule has 0 aliphatic rings. The zero-order valence-corrected chi connectivity index (χ0v) is 10.8. The van der Waals surface area contributed by atoms with Crippen molar-refractivity contribution in [3.05, 3.63) is 20.8 Å². The molecule has 0 aromatic carbocycles. The molecule has 104 valence electrons. The van der Waals surface area contributed by atoms with E-state index in [2.05, 4.69) is 15.9 Å². The molecule has 0 radical (unpaired) electrons. The fraction of sp³-hybridized carbons (Fsp3) is 0.500. The van der Waals surface area contributed by atoms with E-state index < -0.39 is 24.3 Å². The van der Waals surface area contributed by atoms with Gasteiger partial charge in [-0.2, -0.15) is 37.7 Å². The Morgan fingerprint density at radius 1 is 1.11 bits per heavy atom. The summed E-state index contributed by atoms with van der Waals surface area (Å²) in [5, 5.41) is 2.56. The van der Waals surface area contributed by atoms with Crippen molar-refractivity contribution >= 4 is 27.3 Å². The van der Waals surface area contributed by atoms with Crippen molar-refractivity contribution in [2.24, 2.45) is 11.8 Å². The minimum Gasteiger partial charge on any atom is -0.271 e. The van der Waals surface area contributed by atoms with E-state index in [1.165, 1.54) is 10.8 Å². The fourth-order valence-electron chi connectivity index (χ4n) is 1.44. The number of hydrazine groups is 1. The number of hydrogen-bond donors (Lipinski definition) is 2. The number of nitrogens with one attached hydrogen (secondary N) is 1. The van der Waals surface area contributed by atoms with Crippen LogP contribution in [0.5, 0.6) is 0 Å². The zero-order chi connectivity index (χ0) is 14.1. The zero-order valence-electron chi connectivity index (χ0n) is 8.44. The van der Waals surface area contributed by atoms with Crippen molar-refractivity contribution < 1.29 is 26.3 Å². The second-order valence-corrected chi connectivity index (χ2v) is 4.98. The van der Waals surface area contributed by atoms with Crippen LogP contribution in [0.1, 0.15) is 11.6 Å². The molecule has 1 unspecified atom stereocenters. The van der Waals surface area contributed by atoms with Gasteiger partial charge in [0.25, 0.3) is 0 Å². The summed E-state index contributed by atoms with van der Waals surface area (Å²) in [7, 11) is 0. The molecule has 1 rings (SSSR count). The average molecular weight is 357 g/mol. The SMILES string of the molecule is NNC(c1cscc1Br)C(C(F)(F)F)C(F)(F)F. The normalized spacial score (nSPS) is 15.2. The van der Waals surface area contributed by atoms with Gasteiger partial charge in [-0.1, -0.05) is 0 Å². The van der Waals surface area contributed by atoms with Gasteiger partial charge in [0.15, 0.2) is 5.92 Å². The van der Waals surface area contributed by atoms with Crippen LogP contribution in [0.3, 0.4) is 0 Å². The fourth-order valence-corrected chi connectivity index (χ4v) is 3.02. The molecule has 1 aromatic heterocycles. The van der Waals surface area contributed by atoms with Crippen molar-refractivity contribution in [3.8, 4) is 0 Å². The van der Waals surface area contributed by atoms with Crippen LogP contribution < -0.4 is 11.3 Å². The maximum atomic E-state index is 12.5. The molecule has 3 N–H and O–H groups in total. The number of rotatable bonds is 3. The molecule has 0 aliphatic heterocycles. The molecule has 0 saturated heterocycles. The largest absolute Gasteiger partial charge is 0.402 e. The number of hydrogen-bond acceptors (Lipinski definition) is 3. The molecule has 18 heavy (non-hydrogen) atoms. The molecule has 0 fully saturated rings. The van der Waals surface area contributed by atoms with E-state index in [9.17, 15) is 26.3 Å².